The summed E-state index contributed by atoms with van der Waals surface area (Å²) in [5.74, 6) is 0. The number of carbonyl (C=O) groups excluding carboxylic acids is 1. The number of ether oxygens (including phenoxy) is 1. The summed E-state index contributed by atoms with van der Waals surface area (Å²) < 4.78 is 7.41. The van der Waals surface area contributed by atoms with E-state index in [1.165, 1.54) is 0 Å². The van der Waals surface area contributed by atoms with Crippen molar-refractivity contribution in [3.63, 3.8) is 0 Å². The number of fused-ring (bicyclic) bond motifs is 1. The Kier molecular flexibility index (Phi) is 5.91. The highest BCUT2D eigenvalue weighted by molar-refractivity contribution is 5.69. The molecule has 6 nitrogen and oxygen atoms in total. The van der Waals surface area contributed by atoms with Gasteiger partial charge in [0, 0.05) is 18.3 Å². The van der Waals surface area contributed by atoms with E-state index < -0.39 is 5.60 Å². The largest absolute Gasteiger partial charge is 0.444 e. The van der Waals surface area contributed by atoms with E-state index in [-0.39, 0.29) is 6.09 Å². The quantitative estimate of drug-likeness (QED) is 0.684. The summed E-state index contributed by atoms with van der Waals surface area (Å²) >= 11 is 0. The molecule has 154 valence electrons. The third-order valence-corrected chi connectivity index (χ3v) is 4.61. The van der Waals surface area contributed by atoms with E-state index in [1.54, 1.807) is 0 Å². The van der Waals surface area contributed by atoms with Gasteiger partial charge in [0.1, 0.15) is 5.60 Å². The lowest BCUT2D eigenvalue weighted by atomic mass is 10.0. The first-order valence-electron chi connectivity index (χ1n) is 10.1. The molecule has 0 saturated heterocycles. The maximum absolute atomic E-state index is 11.8. The second kappa shape index (κ2) is 8.23. The van der Waals surface area contributed by atoms with Gasteiger partial charge >= 0.3 is 6.09 Å². The van der Waals surface area contributed by atoms with E-state index in [2.05, 4.69) is 45.9 Å². The Bertz CT molecular complexity index is 1010. The molecule has 3 rings (SSSR count). The second-order valence-corrected chi connectivity index (χ2v) is 8.30. The molecule has 0 fully saturated rings. The molecule has 0 aliphatic carbocycles. The lowest BCUT2D eigenvalue weighted by Gasteiger charge is -2.19. The standard InChI is InChI=1S/C23H30N4O2/c1-7-19-20(27-14-15(2)25-16(3)21(27)26-19)18-10-8-17(9-11-18)12-13-24-22(28)29-23(4,5)6/h8-11,14H,7,12-13H2,1-6H3,(H,24,28). The van der Waals surface area contributed by atoms with Crippen LogP contribution in [-0.2, 0) is 17.6 Å². The molecule has 0 aliphatic rings. The van der Waals surface area contributed by atoms with E-state index in [0.717, 1.165) is 52.4 Å². The number of aryl methyl sites for hydroxylation is 3. The van der Waals surface area contributed by atoms with Crippen molar-refractivity contribution in [1.29, 1.82) is 0 Å². The van der Waals surface area contributed by atoms with Crippen molar-refractivity contribution in [2.24, 2.45) is 0 Å². The Labute approximate surface area is 172 Å². The Morgan fingerprint density at radius 3 is 2.45 bits per heavy atom. The molecule has 1 aromatic carbocycles. The molecule has 2 heterocycles. The highest BCUT2D eigenvalue weighted by Crippen LogP contribution is 2.27. The Morgan fingerprint density at radius 2 is 1.83 bits per heavy atom. The zero-order valence-corrected chi connectivity index (χ0v) is 18.2. The molecule has 1 amide bonds. The summed E-state index contributed by atoms with van der Waals surface area (Å²) in [7, 11) is 0. The van der Waals surface area contributed by atoms with Crippen molar-refractivity contribution in [1.82, 2.24) is 19.7 Å². The van der Waals surface area contributed by atoms with Gasteiger partial charge in [0.15, 0.2) is 5.65 Å². The number of amides is 1. The normalized spacial score (nSPS) is 11.7. The summed E-state index contributed by atoms with van der Waals surface area (Å²) in [6.45, 7) is 12.2. The lowest BCUT2D eigenvalue weighted by molar-refractivity contribution is 0.0528. The molecule has 0 unspecified atom stereocenters. The number of aromatic nitrogens is 3. The number of hydrogen-bond donors (Lipinski definition) is 1. The molecule has 0 radical (unpaired) electrons. The van der Waals surface area contributed by atoms with Gasteiger partial charge in [0.25, 0.3) is 0 Å². The van der Waals surface area contributed by atoms with Crippen LogP contribution in [0.2, 0.25) is 0 Å². The van der Waals surface area contributed by atoms with Crippen LogP contribution in [0.5, 0.6) is 0 Å². The maximum atomic E-state index is 11.8. The van der Waals surface area contributed by atoms with Gasteiger partial charge < -0.3 is 10.1 Å². The summed E-state index contributed by atoms with van der Waals surface area (Å²) in [6, 6.07) is 8.45. The smallest absolute Gasteiger partial charge is 0.407 e. The van der Waals surface area contributed by atoms with Crippen molar-refractivity contribution in [3.8, 4) is 11.3 Å². The molecular weight excluding hydrogens is 364 g/mol. The minimum Gasteiger partial charge on any atom is -0.444 e. The van der Waals surface area contributed by atoms with Crippen molar-refractivity contribution in [2.75, 3.05) is 6.54 Å². The average Bonchev–Trinajstić information content (AvgIpc) is 2.99. The first kappa shape index (κ1) is 20.8. The van der Waals surface area contributed by atoms with Gasteiger partial charge in [-0.3, -0.25) is 9.38 Å². The zero-order valence-electron chi connectivity index (χ0n) is 18.2. The number of nitrogens with zero attached hydrogens (tertiary/aromatic N) is 3. The summed E-state index contributed by atoms with van der Waals surface area (Å²) in [4.78, 5) is 21.1. The van der Waals surface area contributed by atoms with E-state index >= 15 is 0 Å². The molecule has 1 N–H and O–H groups in total. The van der Waals surface area contributed by atoms with Crippen LogP contribution in [0.1, 0.15) is 50.3 Å². The van der Waals surface area contributed by atoms with Crippen molar-refractivity contribution in [2.45, 2.75) is 60.0 Å². The summed E-state index contributed by atoms with van der Waals surface area (Å²) in [5.41, 5.74) is 6.82. The van der Waals surface area contributed by atoms with E-state index in [4.69, 9.17) is 9.72 Å². The number of alkyl carbamates (subject to hydrolysis) is 1. The van der Waals surface area contributed by atoms with Crippen LogP contribution >= 0.6 is 0 Å². The molecule has 29 heavy (non-hydrogen) atoms. The van der Waals surface area contributed by atoms with Gasteiger partial charge in [-0.15, -0.1) is 0 Å². The fourth-order valence-electron chi connectivity index (χ4n) is 3.40. The van der Waals surface area contributed by atoms with Crippen molar-refractivity contribution < 1.29 is 9.53 Å². The second-order valence-electron chi connectivity index (χ2n) is 8.30. The number of imidazole rings is 1. The van der Waals surface area contributed by atoms with E-state index in [0.29, 0.717) is 6.54 Å². The van der Waals surface area contributed by atoms with Crippen molar-refractivity contribution >= 4 is 11.7 Å². The van der Waals surface area contributed by atoms with Crippen molar-refractivity contribution in [3.05, 3.63) is 53.1 Å². The predicted octanol–water partition coefficient (Wildman–Crippen LogP) is 4.64. The zero-order chi connectivity index (χ0) is 21.2. The predicted molar refractivity (Wildman–Crippen MR) is 115 cm³/mol. The van der Waals surface area contributed by atoms with Crippen LogP contribution < -0.4 is 5.32 Å². The third kappa shape index (κ3) is 4.94. The highest BCUT2D eigenvalue weighted by atomic mass is 16.6. The molecule has 0 bridgehead atoms. The fraction of sp³-hybridized carbons (Fsp3) is 0.435. The number of rotatable bonds is 5. The molecular formula is C23H30N4O2. The first-order chi connectivity index (χ1) is 13.7. The SMILES string of the molecule is CCc1nc2c(C)nc(C)cn2c1-c1ccc(CCNC(=O)OC(C)(C)C)cc1. The van der Waals surface area contributed by atoms with Gasteiger partial charge in [-0.2, -0.15) is 0 Å². The molecule has 0 atom stereocenters. The first-order valence-corrected chi connectivity index (χ1v) is 10.1. The fourth-order valence-corrected chi connectivity index (χ4v) is 3.40. The van der Waals surface area contributed by atoms with Gasteiger partial charge in [-0.05, 0) is 53.0 Å². The van der Waals surface area contributed by atoms with Crippen LogP contribution in [0.15, 0.2) is 30.5 Å². The molecule has 3 aromatic rings. The van der Waals surface area contributed by atoms with Gasteiger partial charge in [0.05, 0.1) is 22.8 Å². The topological polar surface area (TPSA) is 68.5 Å². The average molecular weight is 395 g/mol. The van der Waals surface area contributed by atoms with Gasteiger partial charge in [0.2, 0.25) is 0 Å². The molecule has 0 aliphatic heterocycles. The molecule has 0 saturated carbocycles. The van der Waals surface area contributed by atoms with Crippen LogP contribution in [0.4, 0.5) is 4.79 Å². The Morgan fingerprint density at radius 1 is 1.14 bits per heavy atom. The Balaban J connectivity index is 1.76. The maximum Gasteiger partial charge on any atom is 0.407 e. The number of hydrogen-bond acceptors (Lipinski definition) is 4. The van der Waals surface area contributed by atoms with E-state index in [9.17, 15) is 4.79 Å². The summed E-state index contributed by atoms with van der Waals surface area (Å²) in [6.07, 6.45) is 3.27. The van der Waals surface area contributed by atoms with Gasteiger partial charge in [-0.1, -0.05) is 31.2 Å². The van der Waals surface area contributed by atoms with Crippen LogP contribution in [0.3, 0.4) is 0 Å². The van der Waals surface area contributed by atoms with Gasteiger partial charge in [-0.25, -0.2) is 9.78 Å². The Hall–Kier alpha value is -2.89. The lowest BCUT2D eigenvalue weighted by Crippen LogP contribution is -2.33. The van der Waals surface area contributed by atoms with Crippen LogP contribution in [0, 0.1) is 13.8 Å². The molecule has 0 spiro atoms. The highest BCUT2D eigenvalue weighted by Gasteiger charge is 2.16. The van der Waals surface area contributed by atoms with Crippen LogP contribution in [-0.4, -0.2) is 32.6 Å². The number of benzene rings is 1. The monoisotopic (exact) mass is 394 g/mol. The number of carbonyl (C=O) groups is 1. The minimum atomic E-state index is -0.483. The molecule has 6 heteroatoms. The number of nitrogens with one attached hydrogen (secondary N) is 1. The summed E-state index contributed by atoms with van der Waals surface area (Å²) in [5, 5.41) is 2.80. The third-order valence-electron chi connectivity index (χ3n) is 4.61. The molecule has 2 aromatic heterocycles. The van der Waals surface area contributed by atoms with Crippen LogP contribution in [0.25, 0.3) is 16.9 Å². The van der Waals surface area contributed by atoms with E-state index in [1.807, 2.05) is 40.8 Å². The minimum absolute atomic E-state index is 0.383.